The van der Waals surface area contributed by atoms with Crippen LogP contribution in [-0.2, 0) is 0 Å². The molecule has 0 aliphatic carbocycles. The lowest BCUT2D eigenvalue weighted by Gasteiger charge is -1.99. The van der Waals surface area contributed by atoms with Gasteiger partial charge >= 0.3 is 0 Å². The molecule has 0 unspecified atom stereocenters. The molecule has 0 fully saturated rings. The van der Waals surface area contributed by atoms with E-state index in [1.165, 1.54) is 5.56 Å². The predicted molar refractivity (Wildman–Crippen MR) is 63.2 cm³/mol. The van der Waals surface area contributed by atoms with E-state index in [1.54, 1.807) is 0 Å². The van der Waals surface area contributed by atoms with E-state index >= 15 is 0 Å². The fourth-order valence-electron chi connectivity index (χ4n) is 1.89. The van der Waals surface area contributed by atoms with Crippen molar-refractivity contribution in [3.8, 4) is 11.3 Å². The van der Waals surface area contributed by atoms with Crippen LogP contribution in [0, 0.1) is 13.8 Å². The highest BCUT2D eigenvalue weighted by Gasteiger charge is 2.13. The third-order valence-corrected chi connectivity index (χ3v) is 2.61. The molecular weight excluding hydrogens is 186 g/mol. The number of nitrogens with one attached hydrogen (secondary N) is 1. The monoisotopic (exact) mass is 201 g/mol. The summed E-state index contributed by atoms with van der Waals surface area (Å²) in [5.41, 5.74) is 3.38. The van der Waals surface area contributed by atoms with Crippen LogP contribution >= 0.6 is 0 Å². The third kappa shape index (κ3) is 1.63. The van der Waals surface area contributed by atoms with Gasteiger partial charge in [-0.25, -0.2) is 0 Å². The Bertz CT molecular complexity index is 457. The van der Waals surface area contributed by atoms with Crippen LogP contribution in [0.1, 0.15) is 11.3 Å². The van der Waals surface area contributed by atoms with E-state index in [-0.39, 0.29) is 0 Å². The first-order chi connectivity index (χ1) is 7.24. The zero-order valence-corrected chi connectivity index (χ0v) is 9.29. The Balaban J connectivity index is 2.55. The first-order valence-electron chi connectivity index (χ1n) is 5.07. The number of aryl methyl sites for hydroxylation is 1. The molecule has 1 aromatic carbocycles. The summed E-state index contributed by atoms with van der Waals surface area (Å²) in [6.07, 6.45) is 0. The standard InChI is InChI=1S/C13H15NO/c1-9-12(14-3)10(2)15-13(9)11-7-5-4-6-8-11/h4-8,14H,1-3H3. The molecule has 2 heteroatoms. The molecule has 1 heterocycles. The highest BCUT2D eigenvalue weighted by Crippen LogP contribution is 2.33. The van der Waals surface area contributed by atoms with E-state index in [1.807, 2.05) is 32.2 Å². The summed E-state index contributed by atoms with van der Waals surface area (Å²) >= 11 is 0. The van der Waals surface area contributed by atoms with Gasteiger partial charge in [-0.15, -0.1) is 0 Å². The average molecular weight is 201 g/mol. The lowest BCUT2D eigenvalue weighted by atomic mass is 10.1. The van der Waals surface area contributed by atoms with Crippen molar-refractivity contribution in [2.45, 2.75) is 13.8 Å². The highest BCUT2D eigenvalue weighted by atomic mass is 16.3. The second kappa shape index (κ2) is 3.81. The molecule has 0 aliphatic heterocycles. The Morgan fingerprint density at radius 3 is 2.27 bits per heavy atom. The number of hydrogen-bond donors (Lipinski definition) is 1. The second-order valence-electron chi connectivity index (χ2n) is 3.60. The predicted octanol–water partition coefficient (Wildman–Crippen LogP) is 3.61. The van der Waals surface area contributed by atoms with Gasteiger partial charge < -0.3 is 9.73 Å². The van der Waals surface area contributed by atoms with Crippen molar-refractivity contribution in [3.63, 3.8) is 0 Å². The van der Waals surface area contributed by atoms with Crippen molar-refractivity contribution in [1.82, 2.24) is 0 Å². The Kier molecular flexibility index (Phi) is 2.50. The summed E-state index contributed by atoms with van der Waals surface area (Å²) in [4.78, 5) is 0. The maximum absolute atomic E-state index is 5.76. The van der Waals surface area contributed by atoms with E-state index in [0.29, 0.717) is 0 Å². The van der Waals surface area contributed by atoms with Gasteiger partial charge in [0, 0.05) is 18.2 Å². The van der Waals surface area contributed by atoms with Gasteiger partial charge in [-0.2, -0.15) is 0 Å². The van der Waals surface area contributed by atoms with Gasteiger partial charge in [0.25, 0.3) is 0 Å². The summed E-state index contributed by atoms with van der Waals surface area (Å²) in [5, 5.41) is 3.16. The maximum Gasteiger partial charge on any atom is 0.139 e. The molecule has 0 amide bonds. The Labute approximate surface area is 89.9 Å². The Morgan fingerprint density at radius 1 is 1.07 bits per heavy atom. The molecule has 0 radical (unpaired) electrons. The van der Waals surface area contributed by atoms with Crippen LogP contribution in [0.2, 0.25) is 0 Å². The van der Waals surface area contributed by atoms with Gasteiger partial charge in [-0.3, -0.25) is 0 Å². The number of rotatable bonds is 2. The minimum Gasteiger partial charge on any atom is -0.459 e. The summed E-state index contributed by atoms with van der Waals surface area (Å²) in [7, 11) is 1.92. The van der Waals surface area contributed by atoms with Crippen LogP contribution in [-0.4, -0.2) is 7.05 Å². The molecule has 2 aromatic rings. The molecule has 0 bridgehead atoms. The maximum atomic E-state index is 5.76. The van der Waals surface area contributed by atoms with Crippen molar-refractivity contribution in [2.75, 3.05) is 12.4 Å². The zero-order valence-electron chi connectivity index (χ0n) is 9.29. The molecule has 0 spiro atoms. The van der Waals surface area contributed by atoms with Crippen LogP contribution in [0.15, 0.2) is 34.7 Å². The van der Waals surface area contributed by atoms with Gasteiger partial charge in [0.1, 0.15) is 11.5 Å². The van der Waals surface area contributed by atoms with Gasteiger partial charge in [-0.1, -0.05) is 30.3 Å². The zero-order chi connectivity index (χ0) is 10.8. The van der Waals surface area contributed by atoms with E-state index in [4.69, 9.17) is 4.42 Å². The number of anilines is 1. The van der Waals surface area contributed by atoms with E-state index in [9.17, 15) is 0 Å². The molecule has 2 nitrogen and oxygen atoms in total. The summed E-state index contributed by atoms with van der Waals surface area (Å²) < 4.78 is 5.76. The highest BCUT2D eigenvalue weighted by molar-refractivity contribution is 5.70. The largest absolute Gasteiger partial charge is 0.459 e. The Morgan fingerprint density at radius 2 is 1.73 bits per heavy atom. The lowest BCUT2D eigenvalue weighted by molar-refractivity contribution is 0.548. The quantitative estimate of drug-likeness (QED) is 0.803. The SMILES string of the molecule is CNc1c(C)oc(-c2ccccc2)c1C. The smallest absolute Gasteiger partial charge is 0.139 e. The average Bonchev–Trinajstić information content (AvgIpc) is 2.55. The topological polar surface area (TPSA) is 25.2 Å². The number of furan rings is 1. The van der Waals surface area contributed by atoms with Crippen LogP contribution in [0.4, 0.5) is 5.69 Å². The minimum absolute atomic E-state index is 0.939. The van der Waals surface area contributed by atoms with Crippen LogP contribution in [0.3, 0.4) is 0 Å². The van der Waals surface area contributed by atoms with E-state index < -0.39 is 0 Å². The van der Waals surface area contributed by atoms with Crippen LogP contribution < -0.4 is 5.32 Å². The van der Waals surface area contributed by atoms with Crippen molar-refractivity contribution >= 4 is 5.69 Å². The fourth-order valence-corrected chi connectivity index (χ4v) is 1.89. The van der Waals surface area contributed by atoms with Gasteiger partial charge in [0.05, 0.1) is 5.69 Å². The second-order valence-corrected chi connectivity index (χ2v) is 3.60. The van der Waals surface area contributed by atoms with E-state index in [2.05, 4.69) is 24.4 Å². The Hall–Kier alpha value is -1.70. The number of hydrogen-bond acceptors (Lipinski definition) is 2. The summed E-state index contributed by atoms with van der Waals surface area (Å²) in [6.45, 7) is 4.05. The normalized spacial score (nSPS) is 10.3. The molecule has 0 saturated carbocycles. The third-order valence-electron chi connectivity index (χ3n) is 2.61. The van der Waals surface area contributed by atoms with Crippen molar-refractivity contribution < 1.29 is 4.42 Å². The van der Waals surface area contributed by atoms with Gasteiger partial charge in [-0.05, 0) is 13.8 Å². The molecule has 0 saturated heterocycles. The summed E-state index contributed by atoms with van der Waals surface area (Å²) in [6, 6.07) is 10.2. The molecule has 0 atom stereocenters. The summed E-state index contributed by atoms with van der Waals surface area (Å²) in [5.74, 6) is 1.89. The first kappa shape index (κ1) is 9.84. The van der Waals surface area contributed by atoms with Crippen molar-refractivity contribution in [1.29, 1.82) is 0 Å². The van der Waals surface area contributed by atoms with Gasteiger partial charge in [0.2, 0.25) is 0 Å². The molecule has 1 aromatic heterocycles. The van der Waals surface area contributed by atoms with Crippen molar-refractivity contribution in [2.24, 2.45) is 0 Å². The van der Waals surface area contributed by atoms with E-state index in [0.717, 1.165) is 22.8 Å². The lowest BCUT2D eigenvalue weighted by Crippen LogP contribution is -1.89. The molecule has 1 N–H and O–H groups in total. The first-order valence-corrected chi connectivity index (χ1v) is 5.07. The van der Waals surface area contributed by atoms with Gasteiger partial charge in [0.15, 0.2) is 0 Å². The molecule has 2 rings (SSSR count). The fraction of sp³-hybridized carbons (Fsp3) is 0.231. The molecule has 15 heavy (non-hydrogen) atoms. The molecule has 78 valence electrons. The number of benzene rings is 1. The molecular formula is C13H15NO. The van der Waals surface area contributed by atoms with Crippen molar-refractivity contribution in [3.05, 3.63) is 41.7 Å². The van der Waals surface area contributed by atoms with Crippen LogP contribution in [0.5, 0.6) is 0 Å². The minimum atomic E-state index is 0.939. The molecule has 0 aliphatic rings. The van der Waals surface area contributed by atoms with Crippen LogP contribution in [0.25, 0.3) is 11.3 Å².